The van der Waals surface area contributed by atoms with Gasteiger partial charge < -0.3 is 0 Å². The van der Waals surface area contributed by atoms with E-state index in [1.807, 2.05) is 0 Å². The summed E-state index contributed by atoms with van der Waals surface area (Å²) < 4.78 is 0. The van der Waals surface area contributed by atoms with Crippen LogP contribution in [-0.4, -0.2) is 5.43 Å². The van der Waals surface area contributed by atoms with E-state index in [1.54, 1.807) is 0 Å². The van der Waals surface area contributed by atoms with Gasteiger partial charge in [-0.2, -0.15) is 0 Å². The minimum atomic E-state index is -1.65. The van der Waals surface area contributed by atoms with Crippen LogP contribution in [-0.2, 0) is 18.0 Å². The summed E-state index contributed by atoms with van der Waals surface area (Å²) in [6, 6.07) is 64.5. The summed E-state index contributed by atoms with van der Waals surface area (Å²) in [6.45, 7) is 4.33. The fraction of sp³-hybridized carbons (Fsp3) is 0.0455. The van der Waals surface area contributed by atoms with E-state index in [9.17, 15) is 0 Å². The van der Waals surface area contributed by atoms with E-state index in [2.05, 4.69) is 195 Å². The molecule has 236 valence electrons. The van der Waals surface area contributed by atoms with E-state index in [-0.39, 0.29) is 5.43 Å². The molecule has 8 aromatic rings. The van der Waals surface area contributed by atoms with Crippen molar-refractivity contribution < 1.29 is 18.0 Å². The molecular weight excluding hydrogens is 719 g/mol. The second-order valence-electron chi connectivity index (χ2n) is 11.8. The number of hydrogen-bond acceptors (Lipinski definition) is 0. The molecule has 0 saturated carbocycles. The SMILES string of the molecule is C[Si](C)=[Zr]([Cl])[Cl].c1ccc(-c2cc3c(-c4ccccc4)cccc3[cH-]2)cc1.c1ccc(-c2cc3c(-c4ccccc4)cccc3[cH-]2)cc1. The fourth-order valence-electron chi connectivity index (χ4n) is 5.80. The first-order chi connectivity index (χ1) is 23.5. The van der Waals surface area contributed by atoms with Crippen molar-refractivity contribution in [3.8, 4) is 44.5 Å². The number of hydrogen-bond donors (Lipinski definition) is 0. The normalized spacial score (nSPS) is 10.5. The molecule has 8 aromatic carbocycles. The van der Waals surface area contributed by atoms with Gasteiger partial charge in [-0.25, -0.2) is 0 Å². The number of fused-ring (bicyclic) bond motifs is 2. The summed E-state index contributed by atoms with van der Waals surface area (Å²) in [5.41, 5.74) is 10.0. The molecule has 0 amide bonds. The molecular formula is C44H36Cl2SiZr-2. The van der Waals surface area contributed by atoms with Gasteiger partial charge in [0, 0.05) is 0 Å². The molecule has 0 aliphatic carbocycles. The largest absolute Gasteiger partial charge is 0.144 e. The van der Waals surface area contributed by atoms with Gasteiger partial charge in [0.05, 0.1) is 0 Å². The molecule has 0 unspecified atom stereocenters. The van der Waals surface area contributed by atoms with Crippen molar-refractivity contribution in [2.24, 2.45) is 0 Å². The molecule has 0 aliphatic heterocycles. The molecule has 0 saturated heterocycles. The first-order valence-electron chi connectivity index (χ1n) is 16.1. The molecule has 0 N–H and O–H groups in total. The maximum absolute atomic E-state index is 5.62. The van der Waals surface area contributed by atoms with Crippen LogP contribution in [0.15, 0.2) is 182 Å². The third kappa shape index (κ3) is 8.43. The molecule has 0 aromatic heterocycles. The maximum atomic E-state index is 5.62. The van der Waals surface area contributed by atoms with E-state index in [0.29, 0.717) is 0 Å². The van der Waals surface area contributed by atoms with E-state index < -0.39 is 18.0 Å². The van der Waals surface area contributed by atoms with Crippen LogP contribution in [0.4, 0.5) is 0 Å². The molecule has 0 fully saturated rings. The topological polar surface area (TPSA) is 0 Å². The molecule has 0 radical (unpaired) electrons. The predicted molar refractivity (Wildman–Crippen MR) is 210 cm³/mol. The Morgan fingerprint density at radius 3 is 1.04 bits per heavy atom. The van der Waals surface area contributed by atoms with Gasteiger partial charge in [0.25, 0.3) is 0 Å². The van der Waals surface area contributed by atoms with Crippen LogP contribution < -0.4 is 0 Å². The molecule has 0 spiro atoms. The summed E-state index contributed by atoms with van der Waals surface area (Å²) >= 11 is -1.65. The Kier molecular flexibility index (Phi) is 11.8. The van der Waals surface area contributed by atoms with E-state index in [4.69, 9.17) is 17.0 Å². The van der Waals surface area contributed by atoms with Gasteiger partial charge in [-0.3, -0.25) is 0 Å². The molecule has 4 heteroatoms. The third-order valence-corrected chi connectivity index (χ3v) is 28.0. The Balaban J connectivity index is 0.000000144. The van der Waals surface area contributed by atoms with Crippen LogP contribution in [0.3, 0.4) is 0 Å². The fourth-order valence-corrected chi connectivity index (χ4v) is 5.80. The van der Waals surface area contributed by atoms with Gasteiger partial charge in [0.15, 0.2) is 0 Å². The van der Waals surface area contributed by atoms with Gasteiger partial charge in [0.1, 0.15) is 0 Å². The number of halogens is 2. The van der Waals surface area contributed by atoms with Gasteiger partial charge in [-0.05, 0) is 11.1 Å². The molecule has 0 bridgehead atoms. The first-order valence-corrected chi connectivity index (χ1v) is 28.6. The minimum absolute atomic E-state index is 0.224. The third-order valence-electron chi connectivity index (χ3n) is 8.26. The molecule has 48 heavy (non-hydrogen) atoms. The van der Waals surface area contributed by atoms with Crippen molar-refractivity contribution in [2.45, 2.75) is 13.1 Å². The summed E-state index contributed by atoms with van der Waals surface area (Å²) in [5, 5.41) is 5.25. The maximum Gasteiger partial charge on any atom is -0.0259 e. The van der Waals surface area contributed by atoms with Crippen LogP contribution in [0.1, 0.15) is 0 Å². The Labute approximate surface area is 299 Å². The number of rotatable bonds is 4. The van der Waals surface area contributed by atoms with Crippen molar-refractivity contribution >= 4 is 44.0 Å². The minimum Gasteiger partial charge on any atom is -0.144 e. The van der Waals surface area contributed by atoms with E-state index in [0.717, 1.165) is 0 Å². The average molecular weight is 755 g/mol. The first kappa shape index (κ1) is 34.1. The van der Waals surface area contributed by atoms with Crippen LogP contribution >= 0.6 is 17.0 Å². The number of benzene rings is 6. The second-order valence-corrected chi connectivity index (χ2v) is 34.8. The Morgan fingerprint density at radius 1 is 0.417 bits per heavy atom. The van der Waals surface area contributed by atoms with Crippen molar-refractivity contribution in [3.63, 3.8) is 0 Å². The average Bonchev–Trinajstić information content (AvgIpc) is 3.79. The molecule has 0 atom stereocenters. The van der Waals surface area contributed by atoms with E-state index >= 15 is 0 Å². The standard InChI is InChI=1S/2C21H15.C2H6Si.2ClH.Zr/c2*1-3-8-16(9-4-1)19-14-18-12-7-13-20(21(18)15-19)17-10-5-2-6-11-17;1-3-2;;;/h2*1-15H;1-2H3;2*1H;/q2*-1;;;;+2/p-2. The Morgan fingerprint density at radius 2 is 0.729 bits per heavy atom. The smallest absolute Gasteiger partial charge is 0.0259 e. The van der Waals surface area contributed by atoms with Crippen LogP contribution in [0.5, 0.6) is 0 Å². The zero-order valence-corrected chi connectivity index (χ0v) is 32.0. The van der Waals surface area contributed by atoms with Gasteiger partial charge >= 0.3 is 53.5 Å². The van der Waals surface area contributed by atoms with Crippen molar-refractivity contribution in [1.29, 1.82) is 0 Å². The quantitative estimate of drug-likeness (QED) is 0.124. The zero-order valence-electron chi connectivity index (χ0n) is 27.1. The predicted octanol–water partition coefficient (Wildman–Crippen LogP) is 13.9. The van der Waals surface area contributed by atoms with Gasteiger partial charge in [0.2, 0.25) is 0 Å². The summed E-state index contributed by atoms with van der Waals surface area (Å²) in [4.78, 5) is 0. The summed E-state index contributed by atoms with van der Waals surface area (Å²) in [7, 11) is 11.2. The van der Waals surface area contributed by atoms with Crippen molar-refractivity contribution in [1.82, 2.24) is 0 Å². The second kappa shape index (κ2) is 16.6. The molecule has 0 heterocycles. The van der Waals surface area contributed by atoms with E-state index in [1.165, 1.54) is 66.1 Å². The summed E-state index contributed by atoms with van der Waals surface area (Å²) in [5.74, 6) is 0. The van der Waals surface area contributed by atoms with Gasteiger partial charge in [-0.15, -0.1) is 69.1 Å². The van der Waals surface area contributed by atoms with Crippen LogP contribution in [0.2, 0.25) is 13.1 Å². The summed E-state index contributed by atoms with van der Waals surface area (Å²) in [6.07, 6.45) is 0. The molecule has 0 aliphatic rings. The Hall–Kier alpha value is -3.78. The van der Waals surface area contributed by atoms with Crippen LogP contribution in [0.25, 0.3) is 66.1 Å². The molecule has 8 rings (SSSR count). The monoisotopic (exact) mass is 752 g/mol. The molecule has 0 nitrogen and oxygen atoms in total. The zero-order chi connectivity index (χ0) is 33.3. The van der Waals surface area contributed by atoms with Crippen LogP contribution in [0, 0.1) is 0 Å². The van der Waals surface area contributed by atoms with Gasteiger partial charge in [-0.1, -0.05) is 168 Å². The Bertz CT molecular complexity index is 2080. The van der Waals surface area contributed by atoms with Crippen molar-refractivity contribution in [2.75, 3.05) is 0 Å². The van der Waals surface area contributed by atoms with Crippen molar-refractivity contribution in [3.05, 3.63) is 182 Å².